The normalized spacial score (nSPS) is 13.3. The van der Waals surface area contributed by atoms with Crippen molar-refractivity contribution in [2.45, 2.75) is 90.6 Å². The number of ketones is 3. The van der Waals surface area contributed by atoms with E-state index in [0.717, 1.165) is 160 Å². The number of carbonyl (C=O) groups is 5. The van der Waals surface area contributed by atoms with Gasteiger partial charge in [0.15, 0.2) is 23.6 Å². The molecule has 11 aromatic rings. The van der Waals surface area contributed by atoms with Crippen LogP contribution in [0, 0.1) is 0 Å². The van der Waals surface area contributed by atoms with Crippen molar-refractivity contribution < 1.29 is 33.8 Å². The van der Waals surface area contributed by atoms with Gasteiger partial charge in [0, 0.05) is 99.1 Å². The molecule has 8 N–H and O–H groups in total. The van der Waals surface area contributed by atoms with Crippen LogP contribution in [0.3, 0.4) is 0 Å². The molecule has 3 aliphatic rings. The Morgan fingerprint density at radius 2 is 1.04 bits per heavy atom. The van der Waals surface area contributed by atoms with Gasteiger partial charge in [-0.05, 0) is 198 Å². The number of nitrogens with two attached hydrogens (primary N) is 3. The molecule has 0 spiro atoms. The first-order valence-electron chi connectivity index (χ1n) is 31.6. The van der Waals surface area contributed by atoms with Crippen molar-refractivity contribution in [2.24, 2.45) is 0 Å². The van der Waals surface area contributed by atoms with Crippen molar-refractivity contribution in [3.05, 3.63) is 269 Å². The molecule has 0 fully saturated rings. The Bertz CT molecular complexity index is 4610. The zero-order valence-electron chi connectivity index (χ0n) is 53.6. The summed E-state index contributed by atoms with van der Waals surface area (Å²) in [5, 5.41) is 21.9. The number of anilines is 4. The molecule has 0 saturated carbocycles. The minimum Gasteiger partial charge on any atom is -0.508 e. The maximum atomic E-state index is 12.1. The molecule has 14 rings (SSSR count). The first-order chi connectivity index (χ1) is 45.9. The Labute approximate surface area is 562 Å². The molecule has 0 radical (unpaired) electrons. The Balaban J connectivity index is 0.000000141. The van der Waals surface area contributed by atoms with Gasteiger partial charge in [0.2, 0.25) is 0 Å². The second kappa shape index (κ2) is 33.1. The molecule has 14 heteroatoms. The molecule has 480 valence electrons. The number of pyridine rings is 2. The maximum absolute atomic E-state index is 12.1. The number of nitrogens with one attached hydrogen (secondary N) is 1. The molecule has 2 aromatic heterocycles. The van der Waals surface area contributed by atoms with Gasteiger partial charge < -0.3 is 27.0 Å². The number of rotatable bonds is 7. The Kier molecular flexibility index (Phi) is 23.9. The third kappa shape index (κ3) is 19.1. The summed E-state index contributed by atoms with van der Waals surface area (Å²) >= 11 is 3.48. The summed E-state index contributed by atoms with van der Waals surface area (Å²) in [4.78, 5) is 63.6. The van der Waals surface area contributed by atoms with Crippen molar-refractivity contribution in [3.63, 3.8) is 0 Å². The van der Waals surface area contributed by atoms with Crippen molar-refractivity contribution >= 4 is 123 Å². The smallest absolute Gasteiger partial charge is 0.412 e. The van der Waals surface area contributed by atoms with E-state index in [1.54, 1.807) is 42.8 Å². The number of hydrogen-bond donors (Lipinski definition) is 5. The molecule has 0 atom stereocenters. The van der Waals surface area contributed by atoms with Gasteiger partial charge in [-0.1, -0.05) is 155 Å². The molecule has 0 bridgehead atoms. The number of phenolic OH excluding ortho intramolecular Hbond substituents is 1. The molecule has 13 nitrogen and oxygen atoms in total. The predicted octanol–water partition coefficient (Wildman–Crippen LogP) is 19.0. The largest absolute Gasteiger partial charge is 0.508 e. The van der Waals surface area contributed by atoms with Crippen molar-refractivity contribution in [2.75, 3.05) is 22.5 Å². The van der Waals surface area contributed by atoms with Crippen LogP contribution >= 0.6 is 15.9 Å². The molecule has 95 heavy (non-hydrogen) atoms. The fraction of sp³-hybridized carbons (Fsp3) is 0.173. The van der Waals surface area contributed by atoms with Gasteiger partial charge in [-0.15, -0.1) is 0 Å². The van der Waals surface area contributed by atoms with E-state index in [1.165, 1.54) is 6.20 Å². The van der Waals surface area contributed by atoms with Crippen LogP contribution in [0.4, 0.5) is 27.5 Å². The van der Waals surface area contributed by atoms with Crippen LogP contribution in [0.5, 0.6) is 5.75 Å². The Morgan fingerprint density at radius 1 is 0.547 bits per heavy atom. The number of ether oxygens (including phenoxy) is 1. The van der Waals surface area contributed by atoms with Crippen molar-refractivity contribution in [1.29, 1.82) is 0 Å². The number of fused-ring (bicyclic) bond motifs is 4. The minimum atomic E-state index is -0.549. The Hall–Kier alpha value is -10.8. The second-order valence-electron chi connectivity index (χ2n) is 24.0. The number of amides is 1. The van der Waals surface area contributed by atoms with Crippen LogP contribution in [-0.4, -0.2) is 50.4 Å². The first kappa shape index (κ1) is 68.5. The highest BCUT2D eigenvalue weighted by molar-refractivity contribution is 9.10. The fourth-order valence-electron chi connectivity index (χ4n) is 11.3. The lowest BCUT2D eigenvalue weighted by Gasteiger charge is -2.21. The van der Waals surface area contributed by atoms with Crippen LogP contribution in [0.1, 0.15) is 111 Å². The zero-order valence-corrected chi connectivity index (χ0v) is 55.2. The number of carbonyl (C=O) groups excluding carboxylic acids is 5. The number of phenols is 1. The molecule has 0 unspecified atom stereocenters. The summed E-state index contributed by atoms with van der Waals surface area (Å²) in [7, 11) is 0. The van der Waals surface area contributed by atoms with Gasteiger partial charge in [0.25, 0.3) is 0 Å². The summed E-state index contributed by atoms with van der Waals surface area (Å²) in [5.74, 6) is 0.993. The van der Waals surface area contributed by atoms with E-state index in [9.17, 15) is 29.1 Å². The van der Waals surface area contributed by atoms with Crippen LogP contribution in [-0.2, 0) is 25.5 Å². The van der Waals surface area contributed by atoms with E-state index in [-0.39, 0.29) is 17.3 Å². The number of halogens is 1. The van der Waals surface area contributed by atoms with Gasteiger partial charge in [-0.3, -0.25) is 34.5 Å². The predicted molar refractivity (Wildman–Crippen MR) is 392 cm³/mol. The summed E-state index contributed by atoms with van der Waals surface area (Å²) in [6.45, 7) is 5.50. The maximum Gasteiger partial charge on any atom is 0.412 e. The SMILES string of the molecule is CC(C)(C)OC(=O)Nc1ccc(C2=CC(=O)CCC2)c2ccccc12.Nc1ccc(-c2ccc(Cc3cccnc3)c(O)c2)c2ccccc12.Nc1ccc(Br)c2ccccc12.Nc1ccc(C2=CC(=O)CCC2)c2ccccc12.O=C1C=CCCC1.O=Cc1cccnc1. The van der Waals surface area contributed by atoms with Gasteiger partial charge in [-0.2, -0.15) is 0 Å². The Morgan fingerprint density at radius 3 is 1.52 bits per heavy atom. The van der Waals surface area contributed by atoms with Gasteiger partial charge in [-0.25, -0.2) is 4.79 Å². The third-order valence-electron chi connectivity index (χ3n) is 15.9. The highest BCUT2D eigenvalue weighted by Gasteiger charge is 2.20. The van der Waals surface area contributed by atoms with E-state index in [2.05, 4.69) is 49.4 Å². The molecule has 9 aromatic carbocycles. The second-order valence-corrected chi connectivity index (χ2v) is 24.9. The van der Waals surface area contributed by atoms with E-state index < -0.39 is 11.7 Å². The number of aldehydes is 1. The minimum absolute atomic E-state index is 0.182. The number of hydrogen-bond acceptors (Lipinski definition) is 12. The molecular weight excluding hydrogens is 1250 g/mol. The molecule has 2 heterocycles. The fourth-order valence-corrected chi connectivity index (χ4v) is 11.8. The number of nitrogen functional groups attached to an aromatic ring is 3. The highest BCUT2D eigenvalue weighted by Crippen LogP contribution is 2.38. The monoisotopic (exact) mass is 1320 g/mol. The van der Waals surface area contributed by atoms with Crippen molar-refractivity contribution in [1.82, 2.24) is 9.97 Å². The summed E-state index contributed by atoms with van der Waals surface area (Å²) in [6, 6.07) is 60.9. The number of aromatic nitrogens is 2. The number of aromatic hydroxyl groups is 1. The van der Waals surface area contributed by atoms with E-state index in [0.29, 0.717) is 36.3 Å². The summed E-state index contributed by atoms with van der Waals surface area (Å²) < 4.78 is 6.44. The lowest BCUT2D eigenvalue weighted by molar-refractivity contribution is -0.115. The average Bonchev–Trinajstić information content (AvgIpc) is 0.817. The van der Waals surface area contributed by atoms with Crippen LogP contribution in [0.25, 0.3) is 65.4 Å². The van der Waals surface area contributed by atoms with Crippen LogP contribution in [0.2, 0.25) is 0 Å². The molecule has 1 amide bonds. The lowest BCUT2D eigenvalue weighted by atomic mass is 9.89. The molecule has 0 aliphatic heterocycles. The zero-order chi connectivity index (χ0) is 67.3. The molecule has 0 saturated heterocycles. The van der Waals surface area contributed by atoms with Gasteiger partial charge in [0.1, 0.15) is 11.4 Å². The quantitative estimate of drug-likeness (QED) is 0.0741. The number of benzene rings is 9. The van der Waals surface area contributed by atoms with Crippen LogP contribution < -0.4 is 22.5 Å². The molecule has 3 aliphatic carbocycles. The number of nitrogens with zero attached hydrogens (tertiary/aromatic N) is 2. The first-order valence-corrected chi connectivity index (χ1v) is 32.4. The van der Waals surface area contributed by atoms with Crippen LogP contribution in [0.15, 0.2) is 242 Å². The average molecular weight is 1330 g/mol. The van der Waals surface area contributed by atoms with E-state index in [1.807, 2.05) is 191 Å². The third-order valence-corrected chi connectivity index (χ3v) is 16.6. The lowest BCUT2D eigenvalue weighted by Crippen LogP contribution is -2.27. The molecular formula is C81H77BrN6O7. The van der Waals surface area contributed by atoms with E-state index in [4.69, 9.17) is 21.9 Å². The van der Waals surface area contributed by atoms with Gasteiger partial charge in [0.05, 0.1) is 5.69 Å². The summed E-state index contributed by atoms with van der Waals surface area (Å²) in [6.07, 6.45) is 22.7. The standard InChI is InChI=1S/C22H18N2O.C21H23NO3.C16H15NO.C10H8BrN.C6H5NO.C6H8O/c23-21-10-9-18(19-5-1-2-6-20(19)21)16-7-8-17(22(25)13-16)12-15-4-3-11-24-14-15;1-21(2,3)25-20(24)22-19-12-11-16(14-7-6-8-15(23)13-14)17-9-4-5-10-18(17)19;17-16-9-8-13(11-4-3-5-12(18)10-11)14-6-1-2-7-15(14)16;11-9-5-6-10(12)8-4-2-1-3-7(8)9;8-5-6-2-1-3-7-4-6;7-6-4-2-1-3-5-6/h1-11,13-14,25H,12,23H2;4-5,9-13H,6-8H2,1-3H3,(H,22,24);1-2,6-10H,3-5,17H2;1-6H,12H2;1-5H;2,4H,1,3,5H2. The summed E-state index contributed by atoms with van der Waals surface area (Å²) in [5.41, 5.74) is 29.4. The topological polar surface area (TPSA) is 231 Å². The van der Waals surface area contributed by atoms with E-state index >= 15 is 0 Å². The van der Waals surface area contributed by atoms with Crippen molar-refractivity contribution in [3.8, 4) is 16.9 Å². The van der Waals surface area contributed by atoms with Gasteiger partial charge >= 0.3 is 6.09 Å². The number of allylic oxidation sites excluding steroid dienone is 6. The highest BCUT2D eigenvalue weighted by atomic mass is 79.9.